The van der Waals surface area contributed by atoms with E-state index >= 15 is 0 Å². The third-order valence-corrected chi connectivity index (χ3v) is 4.66. The smallest absolute Gasteiger partial charge is 0.275 e. The molecule has 0 unspecified atom stereocenters. The van der Waals surface area contributed by atoms with Gasteiger partial charge in [-0.3, -0.25) is 15.1 Å². The number of carbonyl (C=O) groups excluding carboxylic acids is 1. The van der Waals surface area contributed by atoms with Gasteiger partial charge >= 0.3 is 0 Å². The second-order valence-corrected chi connectivity index (χ2v) is 6.14. The molecule has 0 aliphatic rings. The van der Waals surface area contributed by atoms with Crippen LogP contribution >= 0.6 is 22.7 Å². The first-order chi connectivity index (χ1) is 9.11. The number of hydrogen-bond acceptors (Lipinski definition) is 6. The van der Waals surface area contributed by atoms with Crippen molar-refractivity contribution in [1.29, 1.82) is 0 Å². The lowest BCUT2D eigenvalue weighted by Crippen LogP contribution is -2.30. The molecule has 0 fully saturated rings. The molecule has 0 spiro atoms. The standard InChI is InChI=1S/C12H16N4OS2/c1-8-10(19-7-14-8)6-16(2)5-9-3-4-18-11(9)12(17)15-13/h3-4,7H,5-6,13H2,1-2H3,(H,15,17). The van der Waals surface area contributed by atoms with E-state index in [1.807, 2.05) is 30.9 Å². The highest BCUT2D eigenvalue weighted by Gasteiger charge is 2.14. The van der Waals surface area contributed by atoms with Crippen molar-refractivity contribution in [3.8, 4) is 0 Å². The fourth-order valence-corrected chi connectivity index (χ4v) is 3.47. The van der Waals surface area contributed by atoms with Crippen LogP contribution in [-0.4, -0.2) is 22.8 Å². The summed E-state index contributed by atoms with van der Waals surface area (Å²) in [5.41, 5.74) is 6.11. The van der Waals surface area contributed by atoms with Crippen LogP contribution in [0.4, 0.5) is 0 Å². The van der Waals surface area contributed by atoms with Gasteiger partial charge in [-0.15, -0.1) is 22.7 Å². The Bertz CT molecular complexity index is 564. The topological polar surface area (TPSA) is 71.2 Å². The fraction of sp³-hybridized carbons (Fsp3) is 0.333. The number of aromatic nitrogens is 1. The summed E-state index contributed by atoms with van der Waals surface area (Å²) < 4.78 is 0. The number of amides is 1. The van der Waals surface area contributed by atoms with Crippen LogP contribution in [0.3, 0.4) is 0 Å². The summed E-state index contributed by atoms with van der Waals surface area (Å²) in [6.45, 7) is 3.55. The van der Waals surface area contributed by atoms with E-state index in [-0.39, 0.29) is 5.91 Å². The van der Waals surface area contributed by atoms with Gasteiger partial charge in [0.25, 0.3) is 5.91 Å². The third-order valence-electron chi connectivity index (χ3n) is 2.78. The highest BCUT2D eigenvalue weighted by atomic mass is 32.1. The monoisotopic (exact) mass is 296 g/mol. The number of nitrogens with two attached hydrogens (primary N) is 1. The Labute approximate surface area is 120 Å². The molecule has 0 saturated carbocycles. The highest BCUT2D eigenvalue weighted by Crippen LogP contribution is 2.20. The lowest BCUT2D eigenvalue weighted by Gasteiger charge is -2.16. The first kappa shape index (κ1) is 14.1. The van der Waals surface area contributed by atoms with Gasteiger partial charge in [0.15, 0.2) is 0 Å². The SMILES string of the molecule is Cc1ncsc1CN(C)Cc1ccsc1C(=O)NN. The minimum atomic E-state index is -0.229. The quantitative estimate of drug-likeness (QED) is 0.501. The van der Waals surface area contributed by atoms with Crippen LogP contribution in [0.1, 0.15) is 25.8 Å². The van der Waals surface area contributed by atoms with Crippen LogP contribution in [0.2, 0.25) is 0 Å². The molecular weight excluding hydrogens is 280 g/mol. The summed E-state index contributed by atoms with van der Waals surface area (Å²) in [5, 5.41) is 1.91. The van der Waals surface area contributed by atoms with Crippen molar-refractivity contribution in [1.82, 2.24) is 15.3 Å². The molecule has 1 amide bonds. The van der Waals surface area contributed by atoms with E-state index in [0.29, 0.717) is 11.4 Å². The molecule has 7 heteroatoms. The van der Waals surface area contributed by atoms with Gasteiger partial charge in [-0.2, -0.15) is 0 Å². The maximum Gasteiger partial charge on any atom is 0.275 e. The maximum absolute atomic E-state index is 11.6. The van der Waals surface area contributed by atoms with Crippen molar-refractivity contribution >= 4 is 28.6 Å². The zero-order valence-electron chi connectivity index (χ0n) is 10.8. The van der Waals surface area contributed by atoms with Crippen molar-refractivity contribution in [2.45, 2.75) is 20.0 Å². The average molecular weight is 296 g/mol. The molecule has 0 radical (unpaired) electrons. The van der Waals surface area contributed by atoms with E-state index in [1.54, 1.807) is 11.3 Å². The lowest BCUT2D eigenvalue weighted by atomic mass is 10.2. The Kier molecular flexibility index (Phi) is 4.65. The third kappa shape index (κ3) is 3.38. The van der Waals surface area contributed by atoms with Gasteiger partial charge < -0.3 is 0 Å². The summed E-state index contributed by atoms with van der Waals surface area (Å²) >= 11 is 3.06. The molecule has 102 valence electrons. The maximum atomic E-state index is 11.6. The number of thiophene rings is 1. The zero-order chi connectivity index (χ0) is 13.8. The van der Waals surface area contributed by atoms with E-state index < -0.39 is 0 Å². The Balaban J connectivity index is 2.03. The van der Waals surface area contributed by atoms with Crippen LogP contribution in [0.15, 0.2) is 17.0 Å². The highest BCUT2D eigenvalue weighted by molar-refractivity contribution is 7.12. The fourth-order valence-electron chi connectivity index (χ4n) is 1.79. The Morgan fingerprint density at radius 2 is 2.26 bits per heavy atom. The van der Waals surface area contributed by atoms with E-state index in [2.05, 4.69) is 15.3 Å². The number of hydrogen-bond donors (Lipinski definition) is 2. The van der Waals surface area contributed by atoms with Gasteiger partial charge in [-0.25, -0.2) is 10.8 Å². The second-order valence-electron chi connectivity index (χ2n) is 4.28. The van der Waals surface area contributed by atoms with Gasteiger partial charge in [0.05, 0.1) is 16.1 Å². The molecule has 5 nitrogen and oxygen atoms in total. The summed E-state index contributed by atoms with van der Waals surface area (Å²) in [6, 6.07) is 1.96. The van der Waals surface area contributed by atoms with Crippen LogP contribution in [0, 0.1) is 6.92 Å². The molecule has 3 N–H and O–H groups in total. The van der Waals surface area contributed by atoms with Gasteiger partial charge in [0, 0.05) is 18.0 Å². The number of carbonyl (C=O) groups is 1. The zero-order valence-corrected chi connectivity index (χ0v) is 12.5. The van der Waals surface area contributed by atoms with Crippen molar-refractivity contribution < 1.29 is 4.79 Å². The number of nitrogens with one attached hydrogen (secondary N) is 1. The number of aryl methyl sites for hydroxylation is 1. The van der Waals surface area contributed by atoms with Crippen molar-refractivity contribution in [2.75, 3.05) is 7.05 Å². The van der Waals surface area contributed by atoms with Gasteiger partial charge in [-0.05, 0) is 31.0 Å². The summed E-state index contributed by atoms with van der Waals surface area (Å²) in [5.74, 6) is 4.95. The van der Waals surface area contributed by atoms with Gasteiger partial charge in [0.1, 0.15) is 0 Å². The number of nitrogens with zero attached hydrogens (tertiary/aromatic N) is 2. The van der Waals surface area contributed by atoms with Gasteiger partial charge in [0.2, 0.25) is 0 Å². The van der Waals surface area contributed by atoms with Crippen molar-refractivity contribution in [3.63, 3.8) is 0 Å². The molecule has 2 aromatic rings. The van der Waals surface area contributed by atoms with Crippen molar-refractivity contribution in [3.05, 3.63) is 38.0 Å². The summed E-state index contributed by atoms with van der Waals surface area (Å²) in [7, 11) is 2.03. The van der Waals surface area contributed by atoms with Crippen molar-refractivity contribution in [2.24, 2.45) is 5.84 Å². The molecule has 2 heterocycles. The molecule has 2 rings (SSSR count). The number of rotatable bonds is 5. The lowest BCUT2D eigenvalue weighted by molar-refractivity contribution is 0.0956. The van der Waals surface area contributed by atoms with Gasteiger partial charge in [-0.1, -0.05) is 0 Å². The van der Waals surface area contributed by atoms with E-state index in [9.17, 15) is 4.79 Å². The summed E-state index contributed by atoms with van der Waals surface area (Å²) in [6.07, 6.45) is 0. The van der Waals surface area contributed by atoms with E-state index in [1.165, 1.54) is 16.2 Å². The Morgan fingerprint density at radius 3 is 2.89 bits per heavy atom. The number of thiazole rings is 1. The molecule has 19 heavy (non-hydrogen) atoms. The molecule has 0 aromatic carbocycles. The molecular formula is C12H16N4OS2. The predicted molar refractivity (Wildman–Crippen MR) is 78.0 cm³/mol. The number of nitrogen functional groups attached to an aromatic ring is 1. The van der Waals surface area contributed by atoms with Crippen LogP contribution in [0.5, 0.6) is 0 Å². The predicted octanol–water partition coefficient (Wildman–Crippen LogP) is 1.75. The van der Waals surface area contributed by atoms with E-state index in [4.69, 9.17) is 5.84 Å². The first-order valence-electron chi connectivity index (χ1n) is 5.76. The van der Waals surface area contributed by atoms with Crippen LogP contribution in [-0.2, 0) is 13.1 Å². The Hall–Kier alpha value is -1.28. The largest absolute Gasteiger partial charge is 0.297 e. The molecule has 2 aromatic heterocycles. The second kappa shape index (κ2) is 6.25. The number of hydrazine groups is 1. The molecule has 0 atom stereocenters. The minimum Gasteiger partial charge on any atom is -0.297 e. The first-order valence-corrected chi connectivity index (χ1v) is 7.52. The van der Waals surface area contributed by atoms with E-state index in [0.717, 1.165) is 17.8 Å². The van der Waals surface area contributed by atoms with Crippen LogP contribution in [0.25, 0.3) is 0 Å². The van der Waals surface area contributed by atoms with Crippen LogP contribution < -0.4 is 11.3 Å². The minimum absolute atomic E-state index is 0.229. The normalized spacial score (nSPS) is 10.9. The summed E-state index contributed by atoms with van der Waals surface area (Å²) in [4.78, 5) is 19.9. The molecule has 0 aliphatic heterocycles. The molecule has 0 saturated heterocycles. The average Bonchev–Trinajstić information content (AvgIpc) is 2.99. The molecule has 0 bridgehead atoms. The Morgan fingerprint density at radius 1 is 1.47 bits per heavy atom. The molecule has 0 aliphatic carbocycles.